The minimum absolute atomic E-state index is 0.0577. The number of hydrogen-bond donors (Lipinski definition) is 2. The smallest absolute Gasteiger partial charge is 0.207 e. The third-order valence-corrected chi connectivity index (χ3v) is 8.57. The second kappa shape index (κ2) is 10.1. The summed E-state index contributed by atoms with van der Waals surface area (Å²) in [6.07, 6.45) is 11.9. The molecule has 2 saturated carbocycles. The molecule has 3 fully saturated rings. The molecule has 0 bridgehead atoms. The van der Waals surface area contributed by atoms with Crippen LogP contribution in [0.3, 0.4) is 0 Å². The summed E-state index contributed by atoms with van der Waals surface area (Å²) in [5.41, 5.74) is 9.56. The van der Waals surface area contributed by atoms with Gasteiger partial charge in [0.25, 0.3) is 0 Å². The second-order valence-electron chi connectivity index (χ2n) is 10.9. The molecule has 3 N–H and O–H groups in total. The van der Waals surface area contributed by atoms with Gasteiger partial charge in [0.05, 0.1) is 40.5 Å². The summed E-state index contributed by atoms with van der Waals surface area (Å²) in [7, 11) is 0. The fourth-order valence-electron chi connectivity index (χ4n) is 6.41. The second-order valence-corrected chi connectivity index (χ2v) is 11.3. The van der Waals surface area contributed by atoms with Gasteiger partial charge in [0.2, 0.25) is 5.95 Å². The Labute approximate surface area is 221 Å². The number of anilines is 1. The van der Waals surface area contributed by atoms with Gasteiger partial charge in [-0.05, 0) is 56.1 Å². The minimum Gasteiger partial charge on any atom is -0.409 e. The number of fused-ring (bicyclic) bond motifs is 2. The predicted molar refractivity (Wildman–Crippen MR) is 144 cm³/mol. The number of halogens is 1. The van der Waals surface area contributed by atoms with Gasteiger partial charge in [-0.1, -0.05) is 36.5 Å². The number of hydrogen-bond acceptors (Lipinski definition) is 7. The van der Waals surface area contributed by atoms with E-state index >= 15 is 0 Å². The standard InChI is InChI=1S/C27H34ClN7O2/c1-16-5-7-17(8-6-16)15-35-25-20(32-27(35)34-9-10-37-23-4-2-3-22(23)34)12-21(26(29)33-36)31-24(25)18-11-19(28)14-30-13-18/h11-14,16-17,22-23,36H,2-10,15H2,1H3,(H2,29,33)/t16-,17-,22-,23-/m1/s1. The van der Waals surface area contributed by atoms with E-state index in [1.807, 2.05) is 12.1 Å². The van der Waals surface area contributed by atoms with E-state index in [2.05, 4.69) is 26.5 Å². The Hall–Kier alpha value is -2.91. The molecule has 3 aromatic rings. The third kappa shape index (κ3) is 4.63. The highest BCUT2D eigenvalue weighted by Gasteiger charge is 2.39. The Kier molecular flexibility index (Phi) is 6.67. The molecule has 9 nitrogen and oxygen atoms in total. The predicted octanol–water partition coefficient (Wildman–Crippen LogP) is 4.83. The molecule has 3 aromatic heterocycles. The van der Waals surface area contributed by atoms with Gasteiger partial charge in [-0.25, -0.2) is 9.97 Å². The van der Waals surface area contributed by atoms with Crippen molar-refractivity contribution in [2.45, 2.75) is 70.6 Å². The van der Waals surface area contributed by atoms with Gasteiger partial charge in [0.15, 0.2) is 5.84 Å². The number of nitrogens with zero attached hydrogens (tertiary/aromatic N) is 6. The van der Waals surface area contributed by atoms with Crippen LogP contribution in [-0.4, -0.2) is 55.9 Å². The lowest BCUT2D eigenvalue weighted by Gasteiger charge is -2.39. The fraction of sp³-hybridized carbons (Fsp3) is 0.556. The zero-order valence-corrected chi connectivity index (χ0v) is 21.9. The summed E-state index contributed by atoms with van der Waals surface area (Å²) in [6, 6.07) is 4.00. The first-order valence-corrected chi connectivity index (χ1v) is 13.8. The summed E-state index contributed by atoms with van der Waals surface area (Å²) in [6.45, 7) is 4.73. The van der Waals surface area contributed by atoms with Gasteiger partial charge in [-0.2, -0.15) is 0 Å². The molecule has 1 saturated heterocycles. The third-order valence-electron chi connectivity index (χ3n) is 8.37. The molecule has 196 valence electrons. The number of amidine groups is 1. The number of imidazole rings is 1. The first-order valence-electron chi connectivity index (χ1n) is 13.4. The maximum absolute atomic E-state index is 9.41. The lowest BCUT2D eigenvalue weighted by Crippen LogP contribution is -2.49. The van der Waals surface area contributed by atoms with E-state index in [4.69, 9.17) is 32.0 Å². The molecule has 10 heteroatoms. The highest BCUT2D eigenvalue weighted by molar-refractivity contribution is 6.30. The van der Waals surface area contributed by atoms with Crippen LogP contribution < -0.4 is 10.6 Å². The van der Waals surface area contributed by atoms with Gasteiger partial charge < -0.3 is 25.1 Å². The molecule has 6 rings (SSSR count). The van der Waals surface area contributed by atoms with E-state index in [0.717, 1.165) is 54.4 Å². The number of rotatable bonds is 5. The highest BCUT2D eigenvalue weighted by atomic mass is 35.5. The number of aromatic nitrogens is 4. The van der Waals surface area contributed by atoms with Gasteiger partial charge in [0.1, 0.15) is 5.69 Å². The van der Waals surface area contributed by atoms with Crippen LogP contribution in [0.25, 0.3) is 22.3 Å². The van der Waals surface area contributed by atoms with Crippen molar-refractivity contribution in [1.82, 2.24) is 19.5 Å². The molecule has 0 amide bonds. The Morgan fingerprint density at radius 3 is 2.78 bits per heavy atom. The van der Waals surface area contributed by atoms with Crippen molar-refractivity contribution >= 4 is 34.4 Å². The lowest BCUT2D eigenvalue weighted by atomic mass is 9.83. The van der Waals surface area contributed by atoms with Crippen molar-refractivity contribution < 1.29 is 9.94 Å². The van der Waals surface area contributed by atoms with Crippen LogP contribution in [0.2, 0.25) is 5.02 Å². The van der Waals surface area contributed by atoms with Crippen LogP contribution in [0, 0.1) is 11.8 Å². The van der Waals surface area contributed by atoms with Crippen LogP contribution >= 0.6 is 11.6 Å². The van der Waals surface area contributed by atoms with Crippen LogP contribution in [0.1, 0.15) is 57.6 Å². The summed E-state index contributed by atoms with van der Waals surface area (Å²) in [5, 5.41) is 13.1. The van der Waals surface area contributed by atoms with E-state index in [1.165, 1.54) is 32.1 Å². The van der Waals surface area contributed by atoms with E-state index < -0.39 is 0 Å². The zero-order chi connectivity index (χ0) is 25.5. The topological polar surface area (TPSA) is 115 Å². The Bertz CT molecular complexity index is 1320. The SMILES string of the molecule is C[C@H]1CC[C@H](Cn2c(N3CCO[C@@H]4CCC[C@H]43)nc3cc(/C(N)=N/O)nc(-c4cncc(Cl)c4)c32)CC1. The summed E-state index contributed by atoms with van der Waals surface area (Å²) in [4.78, 5) is 16.8. The maximum atomic E-state index is 9.41. The van der Waals surface area contributed by atoms with Crippen molar-refractivity contribution in [3.05, 3.63) is 35.2 Å². The van der Waals surface area contributed by atoms with E-state index in [1.54, 1.807) is 12.4 Å². The lowest BCUT2D eigenvalue weighted by molar-refractivity contribution is 0.0247. The average molecular weight is 524 g/mol. The van der Waals surface area contributed by atoms with Crippen LogP contribution in [0.15, 0.2) is 29.7 Å². The Morgan fingerprint density at radius 1 is 1.16 bits per heavy atom. The highest BCUT2D eigenvalue weighted by Crippen LogP contribution is 2.39. The number of oxime groups is 1. The summed E-state index contributed by atoms with van der Waals surface area (Å²) >= 11 is 6.35. The molecule has 2 aliphatic carbocycles. The van der Waals surface area contributed by atoms with Crippen LogP contribution in [0.5, 0.6) is 0 Å². The van der Waals surface area contributed by atoms with Gasteiger partial charge in [-0.15, -0.1) is 0 Å². The van der Waals surface area contributed by atoms with Gasteiger partial charge in [0, 0.05) is 31.0 Å². The molecule has 0 aromatic carbocycles. The molecule has 4 heterocycles. The first kappa shape index (κ1) is 24.4. The largest absolute Gasteiger partial charge is 0.409 e. The normalized spacial score (nSPS) is 26.5. The van der Waals surface area contributed by atoms with Crippen LogP contribution in [0.4, 0.5) is 5.95 Å². The monoisotopic (exact) mass is 523 g/mol. The molecule has 2 atom stereocenters. The molecule has 0 spiro atoms. The van der Waals surface area contributed by atoms with Crippen molar-refractivity contribution in [3.63, 3.8) is 0 Å². The molecule has 0 unspecified atom stereocenters. The summed E-state index contributed by atoms with van der Waals surface area (Å²) in [5.74, 6) is 2.26. The molecule has 3 aliphatic rings. The van der Waals surface area contributed by atoms with E-state index in [9.17, 15) is 5.21 Å². The van der Waals surface area contributed by atoms with Crippen LogP contribution in [-0.2, 0) is 11.3 Å². The Balaban J connectivity index is 1.56. The molecule has 1 aliphatic heterocycles. The van der Waals surface area contributed by atoms with Crippen molar-refractivity contribution in [3.8, 4) is 11.3 Å². The van der Waals surface area contributed by atoms with E-state index in [-0.39, 0.29) is 11.9 Å². The average Bonchev–Trinajstić information content (AvgIpc) is 3.54. The van der Waals surface area contributed by atoms with Crippen molar-refractivity contribution in [1.29, 1.82) is 0 Å². The maximum Gasteiger partial charge on any atom is 0.207 e. The van der Waals surface area contributed by atoms with Gasteiger partial charge in [-0.3, -0.25) is 4.98 Å². The number of pyridine rings is 2. The van der Waals surface area contributed by atoms with E-state index in [0.29, 0.717) is 35.0 Å². The van der Waals surface area contributed by atoms with Crippen molar-refractivity contribution in [2.24, 2.45) is 22.7 Å². The molecular formula is C27H34ClN7O2. The molecule has 0 radical (unpaired) electrons. The Morgan fingerprint density at radius 2 is 2.00 bits per heavy atom. The number of morpholine rings is 1. The molecule has 37 heavy (non-hydrogen) atoms. The quantitative estimate of drug-likeness (QED) is 0.213. The fourth-order valence-corrected chi connectivity index (χ4v) is 6.58. The van der Waals surface area contributed by atoms with Crippen molar-refractivity contribution in [2.75, 3.05) is 18.1 Å². The van der Waals surface area contributed by atoms with Gasteiger partial charge >= 0.3 is 0 Å². The summed E-state index contributed by atoms with van der Waals surface area (Å²) < 4.78 is 8.50. The number of ether oxygens (including phenoxy) is 1. The molecular weight excluding hydrogens is 490 g/mol. The first-order chi connectivity index (χ1) is 18.0. The number of nitrogens with two attached hydrogens (primary N) is 1. The minimum atomic E-state index is -0.0577. The zero-order valence-electron chi connectivity index (χ0n) is 21.2.